The monoisotopic (exact) mass is 265 g/mol. The number of carbonyl (C=O) groups excluding carboxylic acids is 1. The number of halogens is 1. The summed E-state index contributed by atoms with van der Waals surface area (Å²) in [7, 11) is 0. The molecule has 0 unspecified atom stereocenters. The van der Waals surface area contributed by atoms with Gasteiger partial charge in [0.05, 0.1) is 6.20 Å². The Bertz CT molecular complexity index is 514. The number of aromatic nitrogens is 4. The minimum Gasteiger partial charge on any atom is -0.351 e. The summed E-state index contributed by atoms with van der Waals surface area (Å²) in [6.45, 7) is 1.26. The summed E-state index contributed by atoms with van der Waals surface area (Å²) in [5, 5.41) is 10.8. The molecule has 2 aromatic heterocycles. The SMILES string of the molecule is O=C(NCCCn1ccnn1)c1cc(Cl)ccn1. The van der Waals surface area contributed by atoms with Crippen LogP contribution in [0, 0.1) is 0 Å². The molecule has 0 saturated carbocycles. The van der Waals surface area contributed by atoms with Crippen LogP contribution in [-0.2, 0) is 6.54 Å². The number of carbonyl (C=O) groups is 1. The van der Waals surface area contributed by atoms with Gasteiger partial charge in [-0.15, -0.1) is 5.10 Å². The molecule has 6 nitrogen and oxygen atoms in total. The number of aryl methyl sites for hydroxylation is 1. The van der Waals surface area contributed by atoms with E-state index in [1.54, 1.807) is 23.1 Å². The number of rotatable bonds is 5. The third-order valence-corrected chi connectivity index (χ3v) is 2.51. The summed E-state index contributed by atoms with van der Waals surface area (Å²) in [5.74, 6) is -0.226. The van der Waals surface area contributed by atoms with Crippen LogP contribution in [0.2, 0.25) is 5.02 Å². The van der Waals surface area contributed by atoms with Crippen LogP contribution < -0.4 is 5.32 Å². The van der Waals surface area contributed by atoms with Crippen molar-refractivity contribution in [2.24, 2.45) is 0 Å². The normalized spacial score (nSPS) is 10.3. The molecule has 0 fully saturated rings. The first-order valence-electron chi connectivity index (χ1n) is 5.49. The quantitative estimate of drug-likeness (QED) is 0.823. The lowest BCUT2D eigenvalue weighted by Crippen LogP contribution is -2.26. The van der Waals surface area contributed by atoms with Gasteiger partial charge in [-0.3, -0.25) is 14.5 Å². The zero-order valence-corrected chi connectivity index (χ0v) is 10.3. The Labute approximate surface area is 109 Å². The van der Waals surface area contributed by atoms with E-state index in [4.69, 9.17) is 11.6 Å². The second-order valence-corrected chi connectivity index (χ2v) is 4.07. The summed E-state index contributed by atoms with van der Waals surface area (Å²) >= 11 is 5.78. The van der Waals surface area contributed by atoms with Crippen LogP contribution in [0.1, 0.15) is 16.9 Å². The van der Waals surface area contributed by atoms with E-state index in [0.29, 0.717) is 23.8 Å². The van der Waals surface area contributed by atoms with Crippen molar-refractivity contribution < 1.29 is 4.79 Å². The fourth-order valence-corrected chi connectivity index (χ4v) is 1.57. The Morgan fingerprint density at radius 3 is 3.06 bits per heavy atom. The van der Waals surface area contributed by atoms with Gasteiger partial charge in [-0.05, 0) is 18.6 Å². The van der Waals surface area contributed by atoms with Crippen molar-refractivity contribution in [2.75, 3.05) is 6.54 Å². The minimum atomic E-state index is -0.226. The average molecular weight is 266 g/mol. The molecular formula is C11H12ClN5O. The van der Waals surface area contributed by atoms with E-state index in [1.165, 1.54) is 12.3 Å². The predicted molar refractivity (Wildman–Crippen MR) is 66.2 cm³/mol. The van der Waals surface area contributed by atoms with Crippen LogP contribution in [0.3, 0.4) is 0 Å². The van der Waals surface area contributed by atoms with Gasteiger partial charge in [0.1, 0.15) is 5.69 Å². The number of amides is 1. The molecule has 7 heteroatoms. The Hall–Kier alpha value is -1.95. The molecule has 2 rings (SSSR count). The van der Waals surface area contributed by atoms with E-state index < -0.39 is 0 Å². The molecule has 0 aliphatic rings. The van der Waals surface area contributed by atoms with Crippen molar-refractivity contribution in [2.45, 2.75) is 13.0 Å². The second kappa shape index (κ2) is 6.11. The lowest BCUT2D eigenvalue weighted by atomic mass is 10.3. The molecular weight excluding hydrogens is 254 g/mol. The van der Waals surface area contributed by atoms with Crippen molar-refractivity contribution >= 4 is 17.5 Å². The second-order valence-electron chi connectivity index (χ2n) is 3.63. The van der Waals surface area contributed by atoms with E-state index >= 15 is 0 Å². The highest BCUT2D eigenvalue weighted by atomic mass is 35.5. The van der Waals surface area contributed by atoms with Gasteiger partial charge in [0.2, 0.25) is 0 Å². The van der Waals surface area contributed by atoms with Crippen molar-refractivity contribution in [1.29, 1.82) is 0 Å². The number of nitrogens with zero attached hydrogens (tertiary/aromatic N) is 4. The highest BCUT2D eigenvalue weighted by Gasteiger charge is 2.06. The van der Waals surface area contributed by atoms with Crippen LogP contribution in [0.4, 0.5) is 0 Å². The van der Waals surface area contributed by atoms with Gasteiger partial charge in [0, 0.05) is 30.5 Å². The first-order chi connectivity index (χ1) is 8.75. The lowest BCUT2D eigenvalue weighted by Gasteiger charge is -2.04. The Balaban J connectivity index is 1.75. The topological polar surface area (TPSA) is 72.7 Å². The Kier molecular flexibility index (Phi) is 4.25. The molecule has 0 bridgehead atoms. The molecule has 0 aliphatic carbocycles. The standard InChI is InChI=1S/C11H12ClN5O/c12-9-2-4-13-10(8-9)11(18)14-3-1-6-17-7-5-15-16-17/h2,4-5,7-8H,1,3,6H2,(H,14,18). The molecule has 0 aromatic carbocycles. The van der Waals surface area contributed by atoms with Crippen LogP contribution in [0.5, 0.6) is 0 Å². The summed E-state index contributed by atoms with van der Waals surface area (Å²) in [4.78, 5) is 15.6. The van der Waals surface area contributed by atoms with Gasteiger partial charge in [-0.25, -0.2) is 0 Å². The molecule has 0 spiro atoms. The first-order valence-corrected chi connectivity index (χ1v) is 5.87. The summed E-state index contributed by atoms with van der Waals surface area (Å²) in [5.41, 5.74) is 0.322. The fraction of sp³-hybridized carbons (Fsp3) is 0.273. The van der Waals surface area contributed by atoms with Gasteiger partial charge in [0.25, 0.3) is 5.91 Å². The Morgan fingerprint density at radius 1 is 1.44 bits per heavy atom. The van der Waals surface area contributed by atoms with Crippen LogP contribution in [0.15, 0.2) is 30.7 Å². The highest BCUT2D eigenvalue weighted by Crippen LogP contribution is 2.07. The van der Waals surface area contributed by atoms with Gasteiger partial charge >= 0.3 is 0 Å². The maximum Gasteiger partial charge on any atom is 0.269 e. The molecule has 0 atom stereocenters. The van der Waals surface area contributed by atoms with Crippen LogP contribution >= 0.6 is 11.6 Å². The third kappa shape index (κ3) is 3.53. The first kappa shape index (κ1) is 12.5. The molecule has 0 saturated heterocycles. The van der Waals surface area contributed by atoms with E-state index in [1.807, 2.05) is 0 Å². The van der Waals surface area contributed by atoms with Gasteiger partial charge in [-0.1, -0.05) is 16.8 Å². The molecule has 0 aliphatic heterocycles. The van der Waals surface area contributed by atoms with Crippen molar-refractivity contribution in [3.8, 4) is 0 Å². The number of hydrogen-bond donors (Lipinski definition) is 1. The Morgan fingerprint density at radius 2 is 2.33 bits per heavy atom. The smallest absolute Gasteiger partial charge is 0.269 e. The molecule has 0 radical (unpaired) electrons. The number of nitrogens with one attached hydrogen (secondary N) is 1. The van der Waals surface area contributed by atoms with Crippen LogP contribution in [-0.4, -0.2) is 32.4 Å². The molecule has 2 heterocycles. The summed E-state index contributed by atoms with van der Waals surface area (Å²) in [6.07, 6.45) is 5.68. The van der Waals surface area contributed by atoms with Gasteiger partial charge < -0.3 is 5.32 Å². The van der Waals surface area contributed by atoms with E-state index in [9.17, 15) is 4.79 Å². The van der Waals surface area contributed by atoms with E-state index in [0.717, 1.165) is 6.42 Å². The molecule has 1 amide bonds. The molecule has 1 N–H and O–H groups in total. The lowest BCUT2D eigenvalue weighted by molar-refractivity contribution is 0.0947. The largest absolute Gasteiger partial charge is 0.351 e. The molecule has 2 aromatic rings. The predicted octanol–water partition coefficient (Wildman–Crippen LogP) is 1.15. The fourth-order valence-electron chi connectivity index (χ4n) is 1.41. The van der Waals surface area contributed by atoms with Crippen molar-refractivity contribution in [3.63, 3.8) is 0 Å². The van der Waals surface area contributed by atoms with Crippen molar-refractivity contribution in [3.05, 3.63) is 41.4 Å². The zero-order valence-electron chi connectivity index (χ0n) is 9.58. The number of pyridine rings is 1. The highest BCUT2D eigenvalue weighted by molar-refractivity contribution is 6.30. The van der Waals surface area contributed by atoms with E-state index in [2.05, 4.69) is 20.6 Å². The number of hydrogen-bond acceptors (Lipinski definition) is 4. The summed E-state index contributed by atoms with van der Waals surface area (Å²) < 4.78 is 1.71. The summed E-state index contributed by atoms with van der Waals surface area (Å²) in [6, 6.07) is 3.16. The zero-order chi connectivity index (χ0) is 12.8. The van der Waals surface area contributed by atoms with Gasteiger partial charge in [-0.2, -0.15) is 0 Å². The van der Waals surface area contributed by atoms with Crippen molar-refractivity contribution in [1.82, 2.24) is 25.3 Å². The molecule has 94 valence electrons. The van der Waals surface area contributed by atoms with Crippen LogP contribution in [0.25, 0.3) is 0 Å². The third-order valence-electron chi connectivity index (χ3n) is 2.28. The minimum absolute atomic E-state index is 0.226. The maximum atomic E-state index is 11.7. The molecule has 18 heavy (non-hydrogen) atoms. The maximum absolute atomic E-state index is 11.7. The van der Waals surface area contributed by atoms with E-state index in [-0.39, 0.29) is 5.91 Å². The average Bonchev–Trinajstić information content (AvgIpc) is 2.87. The van der Waals surface area contributed by atoms with Gasteiger partial charge in [0.15, 0.2) is 0 Å².